The number of benzene rings is 1. The third-order valence-electron chi connectivity index (χ3n) is 5.63. The van der Waals surface area contributed by atoms with E-state index in [1.165, 1.54) is 6.42 Å². The molecule has 0 unspecified atom stereocenters. The minimum absolute atomic E-state index is 0.189. The second-order valence-corrected chi connectivity index (χ2v) is 7.17. The predicted octanol–water partition coefficient (Wildman–Crippen LogP) is 4.18. The van der Waals surface area contributed by atoms with E-state index in [1.54, 1.807) is 0 Å². The van der Waals surface area contributed by atoms with E-state index in [2.05, 4.69) is 6.58 Å². The molecule has 2 saturated carbocycles. The van der Waals surface area contributed by atoms with Gasteiger partial charge in [-0.1, -0.05) is 19.4 Å². The number of nitro groups is 2. The Kier molecular flexibility index (Phi) is 4.52. The van der Waals surface area contributed by atoms with Crippen LogP contribution in [-0.4, -0.2) is 21.4 Å². The molecule has 26 heavy (non-hydrogen) atoms. The van der Waals surface area contributed by atoms with E-state index in [0.29, 0.717) is 12.3 Å². The van der Waals surface area contributed by atoms with Gasteiger partial charge >= 0.3 is 5.97 Å². The molecule has 0 saturated heterocycles. The Bertz CT molecular complexity index is 773. The second kappa shape index (κ2) is 6.51. The summed E-state index contributed by atoms with van der Waals surface area (Å²) in [6, 6.07) is 2.85. The van der Waals surface area contributed by atoms with Gasteiger partial charge in [-0.25, -0.2) is 4.79 Å². The monoisotopic (exact) mass is 360 g/mol. The lowest BCUT2D eigenvalue weighted by Gasteiger charge is -2.56. The number of carbonyl (C=O) groups is 1. The first-order chi connectivity index (χ1) is 12.2. The summed E-state index contributed by atoms with van der Waals surface area (Å²) < 4.78 is 5.78. The molecule has 0 N–H and O–H groups in total. The molecule has 3 atom stereocenters. The highest BCUT2D eigenvalue weighted by Gasteiger charge is 2.57. The molecule has 1 aromatic carbocycles. The maximum Gasteiger partial charge on any atom is 0.339 e. The lowest BCUT2D eigenvalue weighted by Crippen LogP contribution is -2.58. The van der Waals surface area contributed by atoms with Gasteiger partial charge in [0.05, 0.1) is 21.5 Å². The minimum Gasteiger partial charge on any atom is -0.451 e. The van der Waals surface area contributed by atoms with Crippen molar-refractivity contribution < 1.29 is 19.4 Å². The number of nitrogens with zero attached hydrogens (tertiary/aromatic N) is 2. The smallest absolute Gasteiger partial charge is 0.339 e. The first-order valence-corrected chi connectivity index (χ1v) is 8.58. The topological polar surface area (TPSA) is 113 Å². The largest absolute Gasteiger partial charge is 0.451 e. The Morgan fingerprint density at radius 3 is 2.23 bits per heavy atom. The maximum atomic E-state index is 12.7. The number of fused-ring (bicyclic) bond motifs is 1. The zero-order chi connectivity index (χ0) is 19.1. The Labute approximate surface area is 150 Å². The third-order valence-corrected chi connectivity index (χ3v) is 5.63. The Morgan fingerprint density at radius 2 is 1.73 bits per heavy atom. The molecular weight excluding hydrogens is 340 g/mol. The predicted molar refractivity (Wildman–Crippen MR) is 92.8 cm³/mol. The van der Waals surface area contributed by atoms with Gasteiger partial charge < -0.3 is 4.74 Å². The molecule has 8 heteroatoms. The Morgan fingerprint density at radius 1 is 1.15 bits per heavy atom. The van der Waals surface area contributed by atoms with Crippen molar-refractivity contribution in [3.63, 3.8) is 0 Å². The molecule has 0 spiro atoms. The summed E-state index contributed by atoms with van der Waals surface area (Å²) in [7, 11) is 0. The van der Waals surface area contributed by atoms with Crippen LogP contribution in [0.25, 0.3) is 0 Å². The van der Waals surface area contributed by atoms with Gasteiger partial charge in [0.1, 0.15) is 5.60 Å². The molecular formula is C18H20N2O6. The summed E-state index contributed by atoms with van der Waals surface area (Å²) in [4.78, 5) is 33.2. The van der Waals surface area contributed by atoms with Crippen LogP contribution in [0.3, 0.4) is 0 Å². The molecule has 3 rings (SSSR count). The molecule has 138 valence electrons. The van der Waals surface area contributed by atoms with E-state index in [-0.39, 0.29) is 11.5 Å². The molecule has 0 aromatic heterocycles. The van der Waals surface area contributed by atoms with Gasteiger partial charge in [0.15, 0.2) is 0 Å². The van der Waals surface area contributed by atoms with Gasteiger partial charge in [0.25, 0.3) is 11.4 Å². The van der Waals surface area contributed by atoms with E-state index in [1.807, 2.05) is 6.92 Å². The normalized spacial score (nSPS) is 27.0. The highest BCUT2D eigenvalue weighted by molar-refractivity contribution is 5.91. The molecule has 0 radical (unpaired) electrons. The van der Waals surface area contributed by atoms with Crippen LogP contribution in [0.5, 0.6) is 0 Å². The molecule has 0 aliphatic heterocycles. The van der Waals surface area contributed by atoms with Crippen LogP contribution < -0.4 is 0 Å². The van der Waals surface area contributed by atoms with E-state index in [0.717, 1.165) is 43.0 Å². The number of hydrogen-bond acceptors (Lipinski definition) is 6. The van der Waals surface area contributed by atoms with Crippen LogP contribution in [0.1, 0.15) is 49.4 Å². The summed E-state index contributed by atoms with van der Waals surface area (Å²) in [5.41, 5.74) is -1.25. The number of carbonyl (C=O) groups excluding carboxylic acids is 1. The number of rotatable bonds is 5. The number of nitro benzene ring substituents is 2. The van der Waals surface area contributed by atoms with Crippen molar-refractivity contribution in [1.29, 1.82) is 0 Å². The molecule has 2 aliphatic carbocycles. The van der Waals surface area contributed by atoms with Crippen molar-refractivity contribution >= 4 is 17.3 Å². The third kappa shape index (κ3) is 2.95. The van der Waals surface area contributed by atoms with Gasteiger partial charge in [0, 0.05) is 18.1 Å². The number of esters is 1. The summed E-state index contributed by atoms with van der Waals surface area (Å²) in [5, 5.41) is 22.0. The number of non-ortho nitro benzene ring substituents is 2. The Hall–Kier alpha value is -2.77. The standard InChI is InChI=1S/C18H20N2O6/c1-11(2)18(10-12-5-3-4-6-16(12)18)26-17(21)13-7-14(19(22)23)9-15(8-13)20(24)25/h7-9,12,16H,1,3-6,10H2,2H3/t12-,16-,18-/m0/s1. The molecule has 2 fully saturated rings. The van der Waals surface area contributed by atoms with Crippen molar-refractivity contribution in [2.24, 2.45) is 11.8 Å². The second-order valence-electron chi connectivity index (χ2n) is 7.17. The average Bonchev–Trinajstić information content (AvgIpc) is 2.58. The molecule has 0 heterocycles. The van der Waals surface area contributed by atoms with Gasteiger partial charge in [-0.15, -0.1) is 0 Å². The average molecular weight is 360 g/mol. The fourth-order valence-electron chi connectivity index (χ4n) is 4.29. The van der Waals surface area contributed by atoms with Crippen molar-refractivity contribution in [3.05, 3.63) is 56.1 Å². The van der Waals surface area contributed by atoms with Crippen LogP contribution in [0.4, 0.5) is 11.4 Å². The van der Waals surface area contributed by atoms with Gasteiger partial charge in [-0.05, 0) is 37.7 Å². The fourth-order valence-corrected chi connectivity index (χ4v) is 4.29. The van der Waals surface area contributed by atoms with Gasteiger partial charge in [-0.3, -0.25) is 20.2 Å². The Balaban J connectivity index is 1.90. The lowest BCUT2D eigenvalue weighted by atomic mass is 9.53. The quantitative estimate of drug-likeness (QED) is 0.337. The van der Waals surface area contributed by atoms with E-state index >= 15 is 0 Å². The highest BCUT2D eigenvalue weighted by Crippen LogP contribution is 2.57. The van der Waals surface area contributed by atoms with Crippen molar-refractivity contribution in [2.75, 3.05) is 0 Å². The van der Waals surface area contributed by atoms with Crippen LogP contribution >= 0.6 is 0 Å². The molecule has 0 bridgehead atoms. The minimum atomic E-state index is -0.788. The van der Waals surface area contributed by atoms with E-state index in [9.17, 15) is 25.0 Å². The summed E-state index contributed by atoms with van der Waals surface area (Å²) in [6.07, 6.45) is 4.96. The first kappa shape index (κ1) is 18.0. The van der Waals surface area contributed by atoms with Crippen LogP contribution in [-0.2, 0) is 4.74 Å². The number of ether oxygens (including phenoxy) is 1. The maximum absolute atomic E-state index is 12.7. The van der Waals surface area contributed by atoms with E-state index < -0.39 is 32.8 Å². The van der Waals surface area contributed by atoms with E-state index in [4.69, 9.17) is 4.74 Å². The van der Waals surface area contributed by atoms with Crippen LogP contribution in [0.2, 0.25) is 0 Å². The zero-order valence-corrected chi connectivity index (χ0v) is 14.5. The summed E-state index contributed by atoms with van der Waals surface area (Å²) in [5.74, 6) is -0.0945. The van der Waals surface area contributed by atoms with Crippen molar-refractivity contribution in [2.45, 2.75) is 44.6 Å². The molecule has 1 aromatic rings. The highest BCUT2D eigenvalue weighted by atomic mass is 16.6. The van der Waals surface area contributed by atoms with Gasteiger partial charge in [-0.2, -0.15) is 0 Å². The zero-order valence-electron chi connectivity index (χ0n) is 14.5. The van der Waals surface area contributed by atoms with Gasteiger partial charge in [0.2, 0.25) is 0 Å². The van der Waals surface area contributed by atoms with Crippen LogP contribution in [0.15, 0.2) is 30.4 Å². The summed E-state index contributed by atoms with van der Waals surface area (Å²) in [6.45, 7) is 5.80. The molecule has 2 aliphatic rings. The summed E-state index contributed by atoms with van der Waals surface area (Å²) >= 11 is 0. The molecule has 0 amide bonds. The van der Waals surface area contributed by atoms with Crippen molar-refractivity contribution in [3.8, 4) is 0 Å². The SMILES string of the molecule is C=C(C)[C@@]1(OC(=O)c2cc([N+](=O)[O-])cc([N+](=O)[O-])c2)C[C@@H]2CCCC[C@@H]21. The lowest BCUT2D eigenvalue weighted by molar-refractivity contribution is -0.394. The molecule has 8 nitrogen and oxygen atoms in total. The fraction of sp³-hybridized carbons (Fsp3) is 0.500. The number of hydrogen-bond donors (Lipinski definition) is 0. The first-order valence-electron chi connectivity index (χ1n) is 8.58. The van der Waals surface area contributed by atoms with Crippen molar-refractivity contribution in [1.82, 2.24) is 0 Å². The van der Waals surface area contributed by atoms with Crippen LogP contribution in [0, 0.1) is 32.1 Å².